The second kappa shape index (κ2) is 8.95. The maximum Gasteiger partial charge on any atom is 0.229 e. The highest BCUT2D eigenvalue weighted by molar-refractivity contribution is 5.77. The van der Waals surface area contributed by atoms with Crippen LogP contribution in [0.4, 0.5) is 0 Å². The molecule has 4 rings (SSSR count). The van der Waals surface area contributed by atoms with E-state index in [1.807, 2.05) is 24.3 Å². The zero-order valence-electron chi connectivity index (χ0n) is 17.2. The molecule has 0 N–H and O–H groups in total. The molecular weight excluding hydrogens is 370 g/mol. The first-order valence-corrected chi connectivity index (χ1v) is 10.4. The van der Waals surface area contributed by atoms with Crippen molar-refractivity contribution >= 4 is 5.91 Å². The smallest absolute Gasteiger partial charge is 0.229 e. The lowest BCUT2D eigenvalue weighted by Crippen LogP contribution is -2.46. The Balaban J connectivity index is 1.36. The number of rotatable bonds is 8. The zero-order valence-corrected chi connectivity index (χ0v) is 17.2. The second-order valence-electron chi connectivity index (χ2n) is 7.96. The van der Waals surface area contributed by atoms with Crippen LogP contribution in [0.2, 0.25) is 0 Å². The van der Waals surface area contributed by atoms with Crippen molar-refractivity contribution in [3.05, 3.63) is 41.5 Å². The third kappa shape index (κ3) is 4.29. The number of methoxy groups -OCH3 is 2. The summed E-state index contributed by atoms with van der Waals surface area (Å²) in [4.78, 5) is 19.7. The summed E-state index contributed by atoms with van der Waals surface area (Å²) >= 11 is 0. The van der Waals surface area contributed by atoms with E-state index in [2.05, 4.69) is 15.0 Å². The molecule has 2 aromatic rings. The van der Waals surface area contributed by atoms with Gasteiger partial charge in [0.05, 0.1) is 13.7 Å². The SMILES string of the molecule is COCCc1noc(C2C[C@H]3CC[C@@H](C2)N3C(=O)CCc2ccccc2OC)n1. The van der Waals surface area contributed by atoms with Gasteiger partial charge in [0.2, 0.25) is 11.8 Å². The molecule has 2 bridgehead atoms. The van der Waals surface area contributed by atoms with Crippen molar-refractivity contribution in [3.63, 3.8) is 0 Å². The van der Waals surface area contributed by atoms with Gasteiger partial charge in [0.1, 0.15) is 5.75 Å². The summed E-state index contributed by atoms with van der Waals surface area (Å²) in [7, 11) is 3.34. The van der Waals surface area contributed by atoms with Crippen molar-refractivity contribution in [3.8, 4) is 5.75 Å². The van der Waals surface area contributed by atoms with Gasteiger partial charge >= 0.3 is 0 Å². The first-order chi connectivity index (χ1) is 14.2. The fourth-order valence-corrected chi connectivity index (χ4v) is 4.79. The molecule has 2 aliphatic heterocycles. The first-order valence-electron chi connectivity index (χ1n) is 10.4. The minimum atomic E-state index is 0.244. The molecule has 0 spiro atoms. The maximum absolute atomic E-state index is 13.0. The van der Waals surface area contributed by atoms with Crippen LogP contribution in [0.1, 0.15) is 55.3 Å². The number of nitrogens with zero attached hydrogens (tertiary/aromatic N) is 3. The third-order valence-corrected chi connectivity index (χ3v) is 6.18. The summed E-state index contributed by atoms with van der Waals surface area (Å²) in [5.41, 5.74) is 1.08. The van der Waals surface area contributed by atoms with E-state index < -0.39 is 0 Å². The predicted molar refractivity (Wildman–Crippen MR) is 107 cm³/mol. The summed E-state index contributed by atoms with van der Waals surface area (Å²) in [5, 5.41) is 4.07. The van der Waals surface area contributed by atoms with Crippen molar-refractivity contribution in [2.45, 2.75) is 62.9 Å². The van der Waals surface area contributed by atoms with Gasteiger partial charge in [-0.05, 0) is 43.7 Å². The summed E-state index contributed by atoms with van der Waals surface area (Å²) in [6, 6.07) is 8.47. The number of ether oxygens (including phenoxy) is 2. The fourth-order valence-electron chi connectivity index (χ4n) is 4.79. The van der Waals surface area contributed by atoms with E-state index in [9.17, 15) is 4.79 Å². The summed E-state index contributed by atoms with van der Waals surface area (Å²) < 4.78 is 16.0. The molecule has 156 valence electrons. The normalized spacial score (nSPS) is 23.4. The third-order valence-electron chi connectivity index (χ3n) is 6.18. The van der Waals surface area contributed by atoms with Crippen LogP contribution >= 0.6 is 0 Å². The number of aromatic nitrogens is 2. The Bertz CT molecular complexity index is 823. The van der Waals surface area contributed by atoms with Crippen LogP contribution in [-0.2, 0) is 22.4 Å². The fraction of sp³-hybridized carbons (Fsp3) is 0.591. The number of hydrogen-bond donors (Lipinski definition) is 0. The van der Waals surface area contributed by atoms with E-state index in [0.717, 1.165) is 37.0 Å². The molecule has 3 atom stereocenters. The molecule has 1 unspecified atom stereocenters. The van der Waals surface area contributed by atoms with E-state index >= 15 is 0 Å². The van der Waals surface area contributed by atoms with E-state index in [1.165, 1.54) is 0 Å². The van der Waals surface area contributed by atoms with Crippen molar-refractivity contribution in [2.75, 3.05) is 20.8 Å². The van der Waals surface area contributed by atoms with E-state index in [0.29, 0.717) is 37.6 Å². The molecular formula is C22H29N3O4. The summed E-state index contributed by atoms with van der Waals surface area (Å²) in [6.07, 6.45) is 5.81. The quantitative estimate of drug-likeness (QED) is 0.679. The Morgan fingerprint density at radius 2 is 1.93 bits per heavy atom. The Labute approximate surface area is 171 Å². The van der Waals surface area contributed by atoms with Gasteiger partial charge in [-0.25, -0.2) is 0 Å². The average molecular weight is 399 g/mol. The van der Waals surface area contributed by atoms with Gasteiger partial charge in [-0.15, -0.1) is 0 Å². The van der Waals surface area contributed by atoms with Crippen molar-refractivity contribution in [1.29, 1.82) is 0 Å². The number of para-hydroxylation sites is 1. The molecule has 29 heavy (non-hydrogen) atoms. The second-order valence-corrected chi connectivity index (χ2v) is 7.96. The Kier molecular flexibility index (Phi) is 6.13. The van der Waals surface area contributed by atoms with Crippen LogP contribution in [-0.4, -0.2) is 53.9 Å². The van der Waals surface area contributed by atoms with Gasteiger partial charge in [0.15, 0.2) is 5.82 Å². The molecule has 2 aliphatic rings. The standard InChI is InChI=1S/C22H29N3O4/c1-27-12-11-20-23-22(29-24-20)16-13-17-8-9-18(14-16)25(17)21(26)10-7-15-5-3-4-6-19(15)28-2/h3-6,16-18H,7-14H2,1-2H3/t16?,17-,18+. The van der Waals surface area contributed by atoms with Gasteiger partial charge in [0, 0.05) is 38.0 Å². The number of aryl methyl sites for hydroxylation is 1. The molecule has 2 saturated heterocycles. The summed E-state index contributed by atoms with van der Waals surface area (Å²) in [6.45, 7) is 0.587. The molecule has 7 nitrogen and oxygen atoms in total. The molecule has 1 amide bonds. The van der Waals surface area contributed by atoms with Crippen LogP contribution in [0.25, 0.3) is 0 Å². The molecule has 0 aliphatic carbocycles. The predicted octanol–water partition coefficient (Wildman–Crippen LogP) is 3.14. The number of benzene rings is 1. The van der Waals surface area contributed by atoms with Gasteiger partial charge in [-0.2, -0.15) is 4.98 Å². The summed E-state index contributed by atoms with van der Waals surface area (Å²) in [5.74, 6) is 2.75. The zero-order chi connectivity index (χ0) is 20.2. The lowest BCUT2D eigenvalue weighted by atomic mass is 9.90. The maximum atomic E-state index is 13.0. The van der Waals surface area contributed by atoms with Crippen LogP contribution in [0.3, 0.4) is 0 Å². The lowest BCUT2D eigenvalue weighted by molar-refractivity contribution is -0.135. The molecule has 0 saturated carbocycles. The number of carbonyl (C=O) groups is 1. The lowest BCUT2D eigenvalue weighted by Gasteiger charge is -2.38. The molecule has 0 radical (unpaired) electrons. The van der Waals surface area contributed by atoms with Crippen LogP contribution in [0, 0.1) is 0 Å². The van der Waals surface area contributed by atoms with E-state index in [1.54, 1.807) is 14.2 Å². The van der Waals surface area contributed by atoms with Crippen molar-refractivity contribution in [1.82, 2.24) is 15.0 Å². The van der Waals surface area contributed by atoms with Gasteiger partial charge in [0.25, 0.3) is 0 Å². The molecule has 3 heterocycles. The Hall–Kier alpha value is -2.41. The highest BCUT2D eigenvalue weighted by atomic mass is 16.5. The number of piperidine rings is 1. The minimum Gasteiger partial charge on any atom is -0.496 e. The minimum absolute atomic E-state index is 0.244. The number of hydrogen-bond acceptors (Lipinski definition) is 6. The first kappa shape index (κ1) is 19.9. The van der Waals surface area contributed by atoms with Crippen LogP contribution in [0.15, 0.2) is 28.8 Å². The average Bonchev–Trinajstić information content (AvgIpc) is 3.33. The Morgan fingerprint density at radius 1 is 1.17 bits per heavy atom. The van der Waals surface area contributed by atoms with Crippen molar-refractivity contribution < 1.29 is 18.8 Å². The van der Waals surface area contributed by atoms with E-state index in [4.69, 9.17) is 14.0 Å². The topological polar surface area (TPSA) is 77.7 Å². The van der Waals surface area contributed by atoms with Crippen LogP contribution < -0.4 is 4.74 Å². The van der Waals surface area contributed by atoms with Crippen LogP contribution in [0.5, 0.6) is 5.75 Å². The monoisotopic (exact) mass is 399 g/mol. The number of fused-ring (bicyclic) bond motifs is 2. The van der Waals surface area contributed by atoms with Crippen molar-refractivity contribution in [2.24, 2.45) is 0 Å². The van der Waals surface area contributed by atoms with Gasteiger partial charge in [-0.3, -0.25) is 4.79 Å². The molecule has 2 fully saturated rings. The number of carbonyl (C=O) groups excluding carboxylic acids is 1. The highest BCUT2D eigenvalue weighted by Gasteiger charge is 2.44. The largest absolute Gasteiger partial charge is 0.496 e. The molecule has 1 aromatic heterocycles. The molecule has 1 aromatic carbocycles. The highest BCUT2D eigenvalue weighted by Crippen LogP contribution is 2.43. The number of amides is 1. The van der Waals surface area contributed by atoms with Gasteiger partial charge in [-0.1, -0.05) is 23.4 Å². The van der Waals surface area contributed by atoms with E-state index in [-0.39, 0.29) is 23.9 Å². The molecule has 7 heteroatoms. The Morgan fingerprint density at radius 3 is 2.66 bits per heavy atom. The van der Waals surface area contributed by atoms with Gasteiger partial charge < -0.3 is 18.9 Å².